The maximum absolute atomic E-state index is 12.7. The zero-order valence-corrected chi connectivity index (χ0v) is 69.6. The fourth-order valence-corrected chi connectivity index (χ4v) is 11.9. The number of anilines is 1. The highest BCUT2D eigenvalue weighted by Crippen LogP contribution is 2.48. The number of nitrogens with zero attached hydrogens (tertiary/aromatic N) is 2. The van der Waals surface area contributed by atoms with Gasteiger partial charge in [0.2, 0.25) is 11.6 Å². The second kappa shape index (κ2) is 72.4. The number of nitrogens with one attached hydrogen (secondary N) is 1. The topological polar surface area (TPSA) is 305 Å². The molecule has 2 heterocycles. The molecule has 0 aliphatic carbocycles. The van der Waals surface area contributed by atoms with Crippen molar-refractivity contribution in [2.45, 2.75) is 103 Å². The van der Waals surface area contributed by atoms with E-state index in [1.807, 2.05) is 0 Å². The molecule has 0 spiro atoms. The Kier molecular flexibility index (Phi) is 64.6. The molecular formula is C84H144N3O27+. The van der Waals surface area contributed by atoms with Crippen molar-refractivity contribution in [1.82, 2.24) is 5.32 Å². The van der Waals surface area contributed by atoms with Crippen molar-refractivity contribution in [2.75, 3.05) is 329 Å². The standard InChI is InChI=1S/C84H143N3O27/c1-83(2)75-18-9-11-20-77(75)86(79(83)22-17-23-80-84(3,4)76-19-10-12-21-78(76)87(80)27-14-6-8-25-82(90)91)26-13-5-7-24-81(89)85-74-114-73-72-113-71-70-112-69-68-111-67-66-110-65-64-109-63-62-108-60-57-105-54-51-102-48-45-99-42-39-96-36-33-93-30-16-15-29-92-32-35-95-38-41-98-44-47-101-50-53-104-56-59-107-61-58-106-55-52-103-49-46-100-43-40-97-37-34-94-31-28-88/h9-12,17-23,88H,5-8,13-16,24-74H2,1-4H3,(H-,85,89,90,91)/p+1. The number of aliphatic carboxylic acids is 1. The molecule has 0 radical (unpaired) electrons. The van der Waals surface area contributed by atoms with Crippen LogP contribution in [0.4, 0.5) is 11.4 Å². The molecule has 0 saturated carbocycles. The van der Waals surface area contributed by atoms with Gasteiger partial charge in [-0.1, -0.05) is 62.7 Å². The Morgan fingerprint density at radius 2 is 0.675 bits per heavy atom. The molecule has 0 aromatic heterocycles. The van der Waals surface area contributed by atoms with Crippen molar-refractivity contribution in [3.8, 4) is 0 Å². The van der Waals surface area contributed by atoms with Gasteiger partial charge in [-0.15, -0.1) is 0 Å². The molecule has 0 atom stereocenters. The Morgan fingerprint density at radius 1 is 0.360 bits per heavy atom. The van der Waals surface area contributed by atoms with E-state index in [-0.39, 0.29) is 36.5 Å². The average molecular weight is 1630 g/mol. The van der Waals surface area contributed by atoms with Gasteiger partial charge in [0.25, 0.3) is 0 Å². The van der Waals surface area contributed by atoms with Crippen LogP contribution in [-0.2, 0) is 129 Å². The van der Waals surface area contributed by atoms with Gasteiger partial charge in [-0.25, -0.2) is 0 Å². The van der Waals surface area contributed by atoms with Gasteiger partial charge < -0.3 is 129 Å². The molecule has 2 aliphatic heterocycles. The number of aliphatic hydroxyl groups excluding tert-OH is 1. The first-order valence-corrected chi connectivity index (χ1v) is 41.5. The van der Waals surface area contributed by atoms with Gasteiger partial charge in [-0.05, 0) is 70.1 Å². The Morgan fingerprint density at radius 3 is 1.04 bits per heavy atom. The van der Waals surface area contributed by atoms with Crippen LogP contribution in [0.1, 0.15) is 103 Å². The lowest BCUT2D eigenvalue weighted by atomic mass is 9.81. The number of carboxylic acids is 1. The molecule has 0 fully saturated rings. The quantitative estimate of drug-likeness (QED) is 0.0324. The SMILES string of the molecule is CC1(C)C(/C=C/C=C2/N(CCCCCC(=O)O)c3ccccc3C2(C)C)=[N+](CCCCCC(=O)NCOCCOCCOCCOCCOCCOCCOCCOCCOCCOCCOCCOCCCCOCCOCCOCCOCCOCCOCCOCCOCCOCCOCCOCCO)c2ccccc21. The molecule has 0 bridgehead atoms. The molecule has 2 aromatic rings. The number of benzene rings is 2. The van der Waals surface area contributed by atoms with Gasteiger partial charge in [0.05, 0.1) is 296 Å². The summed E-state index contributed by atoms with van der Waals surface area (Å²) in [6, 6.07) is 17.3. The summed E-state index contributed by atoms with van der Waals surface area (Å²) >= 11 is 0. The van der Waals surface area contributed by atoms with Gasteiger partial charge in [-0.2, -0.15) is 4.58 Å². The van der Waals surface area contributed by atoms with Crippen LogP contribution in [0, 0.1) is 0 Å². The largest absolute Gasteiger partial charge is 0.481 e. The lowest BCUT2D eigenvalue weighted by molar-refractivity contribution is -0.438. The van der Waals surface area contributed by atoms with Crippen molar-refractivity contribution in [3.63, 3.8) is 0 Å². The van der Waals surface area contributed by atoms with Crippen molar-refractivity contribution in [3.05, 3.63) is 83.6 Å². The molecule has 2 aromatic carbocycles. The first kappa shape index (κ1) is 102. The first-order chi connectivity index (χ1) is 56.1. The predicted molar refractivity (Wildman–Crippen MR) is 431 cm³/mol. The minimum absolute atomic E-state index is 0.0161. The molecule has 2 aliphatic rings. The number of amides is 1. The molecular weight excluding hydrogens is 1480 g/mol. The van der Waals surface area contributed by atoms with Gasteiger partial charge >= 0.3 is 5.97 Å². The monoisotopic (exact) mass is 1630 g/mol. The Labute approximate surface area is 679 Å². The third-order valence-corrected chi connectivity index (χ3v) is 17.9. The number of carboxylic acid groups (broad SMARTS) is 1. The number of fused-ring (bicyclic) bond motifs is 2. The van der Waals surface area contributed by atoms with Crippen LogP contribution in [0.3, 0.4) is 0 Å². The minimum Gasteiger partial charge on any atom is -0.481 e. The number of rotatable bonds is 86. The molecule has 0 unspecified atom stereocenters. The van der Waals surface area contributed by atoms with Crippen LogP contribution >= 0.6 is 0 Å². The molecule has 30 nitrogen and oxygen atoms in total. The number of ether oxygens (including phenoxy) is 23. The number of aliphatic hydroxyl groups is 1. The van der Waals surface area contributed by atoms with E-state index in [1.54, 1.807) is 0 Å². The summed E-state index contributed by atoms with van der Waals surface area (Å²) in [6.45, 7) is 32.8. The highest BCUT2D eigenvalue weighted by atomic mass is 16.6. The lowest BCUT2D eigenvalue weighted by Gasteiger charge is -2.27. The molecule has 3 N–H and O–H groups in total. The zero-order chi connectivity index (χ0) is 81.2. The van der Waals surface area contributed by atoms with Crippen LogP contribution in [0.5, 0.6) is 0 Å². The van der Waals surface area contributed by atoms with E-state index in [1.165, 1.54) is 33.9 Å². The first-order valence-electron chi connectivity index (χ1n) is 41.5. The second-order valence-corrected chi connectivity index (χ2v) is 27.5. The average Bonchev–Trinajstić information content (AvgIpc) is 1.60. The number of hydrogen-bond acceptors (Lipinski definition) is 27. The van der Waals surface area contributed by atoms with E-state index < -0.39 is 5.97 Å². The summed E-state index contributed by atoms with van der Waals surface area (Å²) < 4.78 is 130. The number of carbonyl (C=O) groups is 2. The Balaban J connectivity index is 0.772. The summed E-state index contributed by atoms with van der Waals surface area (Å²) in [5.74, 6) is -0.765. The molecule has 4 rings (SSSR count). The lowest BCUT2D eigenvalue weighted by Crippen LogP contribution is -2.28. The smallest absolute Gasteiger partial charge is 0.303 e. The molecule has 1 amide bonds. The van der Waals surface area contributed by atoms with Crippen LogP contribution in [-0.4, -0.2) is 356 Å². The number of carbonyl (C=O) groups excluding carboxylic acids is 1. The fourth-order valence-electron chi connectivity index (χ4n) is 11.9. The van der Waals surface area contributed by atoms with Crippen LogP contribution in [0.25, 0.3) is 0 Å². The van der Waals surface area contributed by atoms with Crippen molar-refractivity contribution in [2.24, 2.45) is 0 Å². The highest BCUT2D eigenvalue weighted by Gasteiger charge is 2.44. The number of unbranched alkanes of at least 4 members (excludes halogenated alkanes) is 5. The Bertz CT molecular complexity index is 2700. The fraction of sp³-hybridized carbons (Fsp3) is 0.774. The summed E-state index contributed by atoms with van der Waals surface area (Å²) in [5.41, 5.74) is 7.19. The predicted octanol–water partition coefficient (Wildman–Crippen LogP) is 7.73. The van der Waals surface area contributed by atoms with E-state index in [2.05, 4.69) is 109 Å². The normalized spacial score (nSPS) is 14.1. The van der Waals surface area contributed by atoms with E-state index in [0.717, 1.165) is 58.0 Å². The Hall–Kier alpha value is -4.63. The van der Waals surface area contributed by atoms with E-state index in [4.69, 9.17) is 119 Å². The van der Waals surface area contributed by atoms with Gasteiger partial charge in [0.1, 0.15) is 13.3 Å². The van der Waals surface area contributed by atoms with Gasteiger partial charge in [-0.3, -0.25) is 9.59 Å². The van der Waals surface area contributed by atoms with Crippen molar-refractivity contribution >= 4 is 29.0 Å². The van der Waals surface area contributed by atoms with E-state index in [9.17, 15) is 9.59 Å². The highest BCUT2D eigenvalue weighted by molar-refractivity contribution is 6.03. The summed E-state index contributed by atoms with van der Waals surface area (Å²) in [5, 5.41) is 20.6. The van der Waals surface area contributed by atoms with Crippen LogP contribution in [0.15, 0.2) is 72.5 Å². The van der Waals surface area contributed by atoms with Crippen LogP contribution in [0.2, 0.25) is 0 Å². The number of allylic oxidation sites excluding steroid dienone is 4. The molecule has 114 heavy (non-hydrogen) atoms. The number of para-hydroxylation sites is 2. The zero-order valence-electron chi connectivity index (χ0n) is 69.6. The summed E-state index contributed by atoms with van der Waals surface area (Å²) in [4.78, 5) is 26.2. The molecule has 656 valence electrons. The van der Waals surface area contributed by atoms with Crippen LogP contribution < -0.4 is 10.2 Å². The van der Waals surface area contributed by atoms with Crippen molar-refractivity contribution < 1.29 is 133 Å². The van der Waals surface area contributed by atoms with Gasteiger partial charge in [0, 0.05) is 73.5 Å². The maximum atomic E-state index is 12.7. The summed E-state index contributed by atoms with van der Waals surface area (Å²) in [7, 11) is 0. The summed E-state index contributed by atoms with van der Waals surface area (Å²) in [6.07, 6.45) is 14.4. The third kappa shape index (κ3) is 51.6. The van der Waals surface area contributed by atoms with E-state index >= 15 is 0 Å². The van der Waals surface area contributed by atoms with E-state index in [0.29, 0.717) is 310 Å². The number of hydrogen-bond donors (Lipinski definition) is 3. The second-order valence-electron chi connectivity index (χ2n) is 27.5. The molecule has 0 saturated heterocycles. The van der Waals surface area contributed by atoms with Crippen molar-refractivity contribution in [1.29, 1.82) is 0 Å². The van der Waals surface area contributed by atoms with Gasteiger partial charge in [0.15, 0.2) is 5.71 Å². The molecule has 30 heteroatoms. The third-order valence-electron chi connectivity index (χ3n) is 17.9. The maximum Gasteiger partial charge on any atom is 0.303 e. The minimum atomic E-state index is -0.740.